The Balaban J connectivity index is 0.000000951. The normalized spacial score (nSPS) is 11.7. The van der Waals surface area contributed by atoms with E-state index in [1.165, 1.54) is 69.1 Å². The van der Waals surface area contributed by atoms with Crippen molar-refractivity contribution < 1.29 is 0 Å². The number of anilines is 6. The smallest absolute Gasteiger partial charge is 0.0719 e. The number of fused-ring (bicyclic) bond motifs is 10. The quantitative estimate of drug-likeness (QED) is 0.127. The number of nitrogens with zero attached hydrogens (tertiary/aromatic N) is 4. The maximum atomic E-state index is 3.36. The van der Waals surface area contributed by atoms with E-state index in [1.807, 2.05) is 25.2 Å². The number of para-hydroxylation sites is 5. The molecule has 0 spiro atoms. The third kappa shape index (κ3) is 8.91. The lowest BCUT2D eigenvalue weighted by Gasteiger charge is -2.27. The molecular formula is C72H58N4S. The molecule has 14 rings (SSSR count). The average molecular weight is 1010 g/mol. The molecule has 0 unspecified atom stereocenters. The van der Waals surface area contributed by atoms with Gasteiger partial charge in [0.1, 0.15) is 0 Å². The summed E-state index contributed by atoms with van der Waals surface area (Å²) in [6, 6.07) is 88.4. The van der Waals surface area contributed by atoms with Crippen molar-refractivity contribution in [1.82, 2.24) is 9.13 Å². The van der Waals surface area contributed by atoms with Crippen molar-refractivity contribution in [3.63, 3.8) is 0 Å². The lowest BCUT2D eigenvalue weighted by Crippen LogP contribution is -2.20. The van der Waals surface area contributed by atoms with Gasteiger partial charge >= 0.3 is 0 Å². The third-order valence-electron chi connectivity index (χ3n) is 14.4. The van der Waals surface area contributed by atoms with E-state index in [-0.39, 0.29) is 0 Å². The van der Waals surface area contributed by atoms with E-state index >= 15 is 0 Å². The Morgan fingerprint density at radius 1 is 0.377 bits per heavy atom. The minimum absolute atomic E-state index is 1.09. The van der Waals surface area contributed by atoms with Gasteiger partial charge < -0.3 is 18.9 Å². The topological polar surface area (TPSA) is 16.3 Å². The van der Waals surface area contributed by atoms with Crippen molar-refractivity contribution in [2.75, 3.05) is 9.80 Å². The first-order chi connectivity index (χ1) is 38.1. The van der Waals surface area contributed by atoms with Crippen LogP contribution in [0.2, 0.25) is 0 Å². The maximum Gasteiger partial charge on any atom is 0.0719 e. The van der Waals surface area contributed by atoms with Crippen LogP contribution in [0.15, 0.2) is 268 Å². The number of aromatic nitrogens is 2. The van der Waals surface area contributed by atoms with Gasteiger partial charge in [0.2, 0.25) is 0 Å². The first kappa shape index (κ1) is 48.5. The Labute approximate surface area is 454 Å². The predicted octanol–water partition coefficient (Wildman–Crippen LogP) is 19.4. The Bertz CT molecular complexity index is 4370. The Kier molecular flexibility index (Phi) is 13.5. The summed E-state index contributed by atoms with van der Waals surface area (Å²) < 4.78 is 7.60. The Morgan fingerprint density at radius 3 is 1.48 bits per heavy atom. The zero-order valence-corrected chi connectivity index (χ0v) is 44.2. The van der Waals surface area contributed by atoms with Crippen molar-refractivity contribution in [3.8, 4) is 22.5 Å². The molecule has 3 aromatic heterocycles. The van der Waals surface area contributed by atoms with E-state index in [9.17, 15) is 0 Å². The molecule has 0 bridgehead atoms. The summed E-state index contributed by atoms with van der Waals surface area (Å²) in [7, 11) is 0. The van der Waals surface area contributed by atoms with Gasteiger partial charge in [0.05, 0.1) is 26.8 Å². The first-order valence-corrected chi connectivity index (χ1v) is 27.5. The number of thiophene rings is 1. The fraction of sp³-hybridized carbons (Fsp3) is 0.0556. The minimum atomic E-state index is 1.09. The number of rotatable bonds is 10. The summed E-state index contributed by atoms with van der Waals surface area (Å²) in [5, 5.41) is 7.69. The van der Waals surface area contributed by atoms with E-state index in [1.54, 1.807) is 12.2 Å². The summed E-state index contributed by atoms with van der Waals surface area (Å²) in [6.45, 7) is 10.7. The second-order valence-corrected chi connectivity index (χ2v) is 19.9. The molecule has 10 aromatic carbocycles. The van der Waals surface area contributed by atoms with Crippen LogP contribution in [-0.2, 0) is 0 Å². The van der Waals surface area contributed by atoms with Gasteiger partial charge in [-0.05, 0) is 144 Å². The second-order valence-electron chi connectivity index (χ2n) is 18.9. The highest BCUT2D eigenvalue weighted by Crippen LogP contribution is 2.44. The van der Waals surface area contributed by atoms with Crippen LogP contribution in [0.3, 0.4) is 0 Å². The van der Waals surface area contributed by atoms with Gasteiger partial charge in [-0.1, -0.05) is 179 Å². The molecule has 0 atom stereocenters. The summed E-state index contributed by atoms with van der Waals surface area (Å²) in [5.74, 6) is 0. The molecule has 0 N–H and O–H groups in total. The molecule has 0 saturated carbocycles. The van der Waals surface area contributed by atoms with Crippen molar-refractivity contribution in [2.24, 2.45) is 0 Å². The summed E-state index contributed by atoms with van der Waals surface area (Å²) in [5.41, 5.74) is 16.1. The first-order valence-electron chi connectivity index (χ1n) is 26.6. The van der Waals surface area contributed by atoms with Gasteiger partial charge in [0.15, 0.2) is 0 Å². The summed E-state index contributed by atoms with van der Waals surface area (Å²) in [6.07, 6.45) is 10.3. The predicted molar refractivity (Wildman–Crippen MR) is 334 cm³/mol. The van der Waals surface area contributed by atoms with Crippen LogP contribution in [0.1, 0.15) is 26.7 Å². The molecule has 77 heavy (non-hydrogen) atoms. The highest BCUT2D eigenvalue weighted by atomic mass is 32.1. The molecule has 3 heterocycles. The van der Waals surface area contributed by atoms with Gasteiger partial charge in [0, 0.05) is 77.0 Å². The summed E-state index contributed by atoms with van der Waals surface area (Å²) >= 11 is 1.94. The zero-order valence-electron chi connectivity index (χ0n) is 43.4. The summed E-state index contributed by atoms with van der Waals surface area (Å²) in [4.78, 5) is 4.77. The second kappa shape index (κ2) is 21.4. The molecule has 5 heteroatoms. The Hall–Kier alpha value is -9.42. The van der Waals surface area contributed by atoms with E-state index < -0.39 is 0 Å². The SMILES string of the molecule is C1=c2sc3c(ccc4c5cc(N(c6ccccc6)c6ccc(-c7cccc(N(c8ccccc8)c8ccc9c(c8)c8ccccc8n9-c8ccccc8)c7)cc6)ccc5n(-c5ccccc5)c43)c2=CCC1.C=CC=C.CC. The van der Waals surface area contributed by atoms with Gasteiger partial charge in [-0.3, -0.25) is 0 Å². The molecule has 1 aliphatic rings. The highest BCUT2D eigenvalue weighted by molar-refractivity contribution is 7.18. The largest absolute Gasteiger partial charge is 0.310 e. The molecule has 4 nitrogen and oxygen atoms in total. The van der Waals surface area contributed by atoms with E-state index in [2.05, 4.69) is 287 Å². The van der Waals surface area contributed by atoms with Crippen LogP contribution in [0.5, 0.6) is 0 Å². The molecular weight excluding hydrogens is 953 g/mol. The highest BCUT2D eigenvalue weighted by Gasteiger charge is 2.22. The maximum absolute atomic E-state index is 3.36. The fourth-order valence-corrected chi connectivity index (χ4v) is 12.4. The number of allylic oxidation sites excluding steroid dienone is 2. The lowest BCUT2D eigenvalue weighted by molar-refractivity contribution is 1.13. The van der Waals surface area contributed by atoms with Crippen LogP contribution in [0, 0.1) is 0 Å². The molecule has 13 aromatic rings. The molecule has 0 fully saturated rings. The number of hydrogen-bond acceptors (Lipinski definition) is 3. The minimum Gasteiger partial charge on any atom is -0.310 e. The van der Waals surface area contributed by atoms with Crippen molar-refractivity contribution >= 4 is 111 Å². The van der Waals surface area contributed by atoms with Crippen LogP contribution < -0.4 is 19.6 Å². The van der Waals surface area contributed by atoms with Crippen molar-refractivity contribution in [2.45, 2.75) is 26.7 Å². The van der Waals surface area contributed by atoms with E-state index in [4.69, 9.17) is 0 Å². The molecule has 0 saturated heterocycles. The molecule has 1 aliphatic carbocycles. The van der Waals surface area contributed by atoms with Gasteiger partial charge in [0.25, 0.3) is 0 Å². The zero-order chi connectivity index (χ0) is 52.2. The lowest BCUT2D eigenvalue weighted by atomic mass is 10.0. The monoisotopic (exact) mass is 1010 g/mol. The van der Waals surface area contributed by atoms with E-state index in [0.717, 1.165) is 63.8 Å². The van der Waals surface area contributed by atoms with E-state index in [0.29, 0.717) is 0 Å². The van der Waals surface area contributed by atoms with Gasteiger partial charge in [-0.15, -0.1) is 11.3 Å². The molecule has 0 aliphatic heterocycles. The number of benzene rings is 10. The fourth-order valence-electron chi connectivity index (χ4n) is 11.1. The number of hydrogen-bond donors (Lipinski definition) is 0. The van der Waals surface area contributed by atoms with Crippen molar-refractivity contribution in [1.29, 1.82) is 0 Å². The van der Waals surface area contributed by atoms with Gasteiger partial charge in [-0.2, -0.15) is 0 Å². The third-order valence-corrected chi connectivity index (χ3v) is 15.7. The Morgan fingerprint density at radius 2 is 0.844 bits per heavy atom. The van der Waals surface area contributed by atoms with Crippen LogP contribution in [-0.4, -0.2) is 9.13 Å². The average Bonchev–Trinajstić information content (AvgIpc) is 4.38. The van der Waals surface area contributed by atoms with Gasteiger partial charge in [-0.25, -0.2) is 0 Å². The molecule has 0 radical (unpaired) electrons. The standard InChI is InChI=1S/C66H46N4S.C4H6.C2H6/c1-5-19-47(20-6-1)67(53-37-41-63-60(44-53)57-38-39-58-56-29-14-16-31-64(56)71-66(58)65(57)70(63)50-25-11-4-12-26-50)51-34-32-45(33-35-51)46-18-17-27-52(42-46)68(48-21-7-2-8-22-48)54-36-40-62-59(43-54)55-28-13-15-30-61(55)69(62)49-23-9-3-10-24-49;1-3-4-2;1-2/h1-13,15,17-44H,14,16H2;3-4H,1-2H2;1-2H3. The van der Waals surface area contributed by atoms with Crippen LogP contribution in [0.25, 0.3) is 88.4 Å². The van der Waals surface area contributed by atoms with Crippen LogP contribution >= 0.6 is 11.3 Å². The molecule has 0 amide bonds. The van der Waals surface area contributed by atoms with Crippen LogP contribution in [0.4, 0.5) is 34.1 Å². The van der Waals surface area contributed by atoms with Crippen molar-refractivity contribution in [3.05, 3.63) is 278 Å². The molecule has 372 valence electrons.